The number of allylic oxidation sites excluding steroid dienone is 16. The quantitative estimate of drug-likeness (QED) is 0.169. The van der Waals surface area contributed by atoms with Gasteiger partial charge in [0.15, 0.2) is 0 Å². The molecule has 70 heavy (non-hydrogen) atoms. The Morgan fingerprint density at radius 3 is 1.31 bits per heavy atom. The maximum atomic E-state index is 13.6. The van der Waals surface area contributed by atoms with Crippen LogP contribution in [-0.2, 0) is 33.6 Å². The van der Waals surface area contributed by atoms with Crippen molar-refractivity contribution in [2.75, 3.05) is 0 Å². The normalized spacial score (nSPS) is 33.1. The first-order chi connectivity index (χ1) is 32.0. The Morgan fingerprint density at radius 1 is 0.500 bits per heavy atom. The van der Waals surface area contributed by atoms with Gasteiger partial charge in [-0.1, -0.05) is 0 Å². The number of halogens is 8. The molecule has 0 amide bonds. The molecule has 2 fully saturated rings. The summed E-state index contributed by atoms with van der Waals surface area (Å²) in [6.45, 7) is 20.4. The van der Waals surface area contributed by atoms with E-state index in [-0.39, 0.29) is 72.3 Å². The summed E-state index contributed by atoms with van der Waals surface area (Å²) in [5.74, 6) is 0.171. The van der Waals surface area contributed by atoms with Crippen LogP contribution in [0.3, 0.4) is 0 Å². The molecule has 9 atom stereocenters. The molecular weight excluding hydrogens is 1010 g/mol. The zero-order valence-electron chi connectivity index (χ0n) is 40.7. The summed E-state index contributed by atoms with van der Waals surface area (Å²) in [5.41, 5.74) is 3.17. The average molecular weight is 1070 g/mol. The minimum atomic E-state index is -4.43. The van der Waals surface area contributed by atoms with Gasteiger partial charge in [-0.2, -0.15) is 0 Å². The standard InChI is InChI=1S/C29H37.C27H16F6.C5H5.2ClH.Zr/c1-21-14-13-15-22-20-27(6)25(4)18-10-9-16-23(25,2)24(3)17-11-12-19-26(24,5)29(27,8)28(21,22)7;28-26(29,30)24-13-9-22(10-14-24)20-5-1-18(2-6-20)17-19-3-7-21(8-4-19)23-11-15-25(16-12-23)27(31,32)33;1-2-4-5-3-1;;;/h9-20,22H,1-8H3;1-16H;1-3H,4H2;2*1H;/q;;;;;+2/p-2. The van der Waals surface area contributed by atoms with Crippen LogP contribution in [0.2, 0.25) is 3.63 Å². The number of benzene rings is 4. The van der Waals surface area contributed by atoms with Gasteiger partial charge in [0, 0.05) is 0 Å². The maximum absolute atomic E-state index is 13.6. The Labute approximate surface area is 429 Å². The minimum absolute atomic E-state index is 0. The first-order valence-electron chi connectivity index (χ1n) is 23.8. The van der Waals surface area contributed by atoms with Gasteiger partial charge in [-0.3, -0.25) is 0 Å². The van der Waals surface area contributed by atoms with Crippen LogP contribution in [0, 0.1) is 43.8 Å². The summed E-state index contributed by atoms with van der Waals surface area (Å²) in [5, 5.41) is 0. The molecule has 0 radical (unpaired) electrons. The molecule has 0 nitrogen and oxygen atoms in total. The van der Waals surface area contributed by atoms with E-state index in [0.717, 1.165) is 52.9 Å². The molecule has 6 aliphatic carbocycles. The first kappa shape index (κ1) is 52.0. The van der Waals surface area contributed by atoms with Crippen molar-refractivity contribution in [2.24, 2.45) is 43.8 Å². The maximum Gasteiger partial charge on any atom is -1.00 e. The van der Waals surface area contributed by atoms with E-state index in [2.05, 4.69) is 165 Å². The Morgan fingerprint density at radius 2 is 0.900 bits per heavy atom. The predicted octanol–water partition coefficient (Wildman–Crippen LogP) is 11.3. The first-order valence-corrected chi connectivity index (χ1v) is 27.7. The van der Waals surface area contributed by atoms with E-state index >= 15 is 0 Å². The van der Waals surface area contributed by atoms with Gasteiger partial charge in [-0.25, -0.2) is 0 Å². The third-order valence-corrected chi connectivity index (χ3v) is 28.8. The van der Waals surface area contributed by atoms with Gasteiger partial charge in [-0.15, -0.1) is 0 Å². The van der Waals surface area contributed by atoms with Crippen molar-refractivity contribution in [2.45, 2.75) is 77.8 Å². The Bertz CT molecular complexity index is 2900. The van der Waals surface area contributed by atoms with Gasteiger partial charge in [0.05, 0.1) is 0 Å². The van der Waals surface area contributed by atoms with Crippen LogP contribution in [0.4, 0.5) is 26.3 Å². The molecule has 9 heteroatoms. The van der Waals surface area contributed by atoms with Crippen LogP contribution in [0.25, 0.3) is 22.3 Å². The Hall–Kier alpha value is -4.29. The second-order valence-corrected chi connectivity index (χ2v) is 27.8. The monoisotopic (exact) mass is 1060 g/mol. The van der Waals surface area contributed by atoms with Crippen molar-refractivity contribution in [1.29, 1.82) is 0 Å². The molecule has 0 bridgehead atoms. The minimum Gasteiger partial charge on any atom is -1.00 e. The van der Waals surface area contributed by atoms with Crippen LogP contribution in [0.15, 0.2) is 191 Å². The zero-order chi connectivity index (χ0) is 48.5. The van der Waals surface area contributed by atoms with Crippen LogP contribution < -0.4 is 24.8 Å². The molecule has 362 valence electrons. The second-order valence-electron chi connectivity index (χ2n) is 21.4. The molecule has 4 aromatic carbocycles. The van der Waals surface area contributed by atoms with Gasteiger partial charge < -0.3 is 24.8 Å². The van der Waals surface area contributed by atoms with Crippen molar-refractivity contribution >= 4 is 3.21 Å². The summed E-state index contributed by atoms with van der Waals surface area (Å²) in [6.07, 6.45) is 25.5. The molecule has 9 unspecified atom stereocenters. The van der Waals surface area contributed by atoms with Crippen molar-refractivity contribution in [1.82, 2.24) is 0 Å². The fraction of sp³-hybridized carbons (Fsp3) is 0.328. The molecule has 0 saturated heterocycles. The number of hydrogen-bond donors (Lipinski definition) is 0. The molecular formula is C61H58Cl2F6Zr. The smallest absolute Gasteiger partial charge is 1.00 e. The van der Waals surface area contributed by atoms with Gasteiger partial charge in [0.1, 0.15) is 0 Å². The Balaban J connectivity index is 0.00000329. The largest absolute Gasteiger partial charge is 1.00 e. The van der Waals surface area contributed by atoms with Gasteiger partial charge in [0.2, 0.25) is 0 Å². The summed E-state index contributed by atoms with van der Waals surface area (Å²) in [6, 6.07) is 27.6. The van der Waals surface area contributed by atoms with Crippen molar-refractivity contribution in [3.05, 3.63) is 213 Å². The molecule has 4 aromatic rings. The average Bonchev–Trinajstić information content (AvgIpc) is 3.91. The van der Waals surface area contributed by atoms with Crippen molar-refractivity contribution < 1.29 is 72.4 Å². The number of hydrogen-bond acceptors (Lipinski definition) is 0. The van der Waals surface area contributed by atoms with E-state index < -0.39 is 44.7 Å². The van der Waals surface area contributed by atoms with Crippen molar-refractivity contribution in [3.8, 4) is 22.3 Å². The summed E-state index contributed by atoms with van der Waals surface area (Å²) in [7, 11) is 0. The number of rotatable bonds is 6. The Kier molecular flexibility index (Phi) is 13.0. The second kappa shape index (κ2) is 17.4. The van der Waals surface area contributed by atoms with Crippen molar-refractivity contribution in [3.63, 3.8) is 0 Å². The van der Waals surface area contributed by atoms with Crippen LogP contribution in [0.5, 0.6) is 0 Å². The fourth-order valence-corrected chi connectivity index (χ4v) is 26.5. The third kappa shape index (κ3) is 6.82. The third-order valence-electron chi connectivity index (χ3n) is 19.6. The van der Waals surface area contributed by atoms with E-state index in [9.17, 15) is 26.3 Å². The van der Waals surface area contributed by atoms with E-state index in [1.54, 1.807) is 24.3 Å². The molecule has 2 saturated carbocycles. The van der Waals surface area contributed by atoms with Gasteiger partial charge in [-0.05, 0) is 0 Å². The van der Waals surface area contributed by atoms with E-state index in [4.69, 9.17) is 0 Å². The van der Waals surface area contributed by atoms with Crippen LogP contribution in [0.1, 0.15) is 84.1 Å². The van der Waals surface area contributed by atoms with Gasteiger partial charge >= 0.3 is 408 Å². The number of fused-ring (bicyclic) bond motifs is 8. The zero-order valence-corrected chi connectivity index (χ0v) is 44.7. The van der Waals surface area contributed by atoms with E-state index in [1.165, 1.54) is 12.1 Å². The molecule has 0 spiro atoms. The van der Waals surface area contributed by atoms with Crippen LogP contribution in [-0.4, -0.2) is 3.21 Å². The molecule has 0 aliphatic heterocycles. The van der Waals surface area contributed by atoms with Crippen LogP contribution >= 0.6 is 0 Å². The molecule has 0 heterocycles. The topological polar surface area (TPSA) is 0 Å². The molecule has 0 N–H and O–H groups in total. The molecule has 10 rings (SSSR count). The van der Waals surface area contributed by atoms with Gasteiger partial charge in [0.25, 0.3) is 0 Å². The summed E-state index contributed by atoms with van der Waals surface area (Å²) in [4.78, 5) is 0. The van der Waals surface area contributed by atoms with E-state index in [0.29, 0.717) is 11.1 Å². The van der Waals surface area contributed by atoms with E-state index in [1.807, 2.05) is 24.3 Å². The SMILES string of the molecule is CC1=CC=CC2[CH]([Zr+2]([C]3=CC=CC3)=[C](c3ccc(-c4ccc(C(F)(F)F)cc4)cc3)c3ccc(-c4ccc(C(F)(F)F)cc4)cc3)C3(C)C4(C)C=CC=CC4(C)C4(C)C=CC=CC4(C)C3(C)C12C.[Cl-].[Cl-]. The molecule has 6 aliphatic rings. The fourth-order valence-electron chi connectivity index (χ4n) is 15.2. The summed E-state index contributed by atoms with van der Waals surface area (Å²) >= 11 is -3.43. The molecule has 0 aromatic heterocycles. The number of alkyl halides is 6. The summed E-state index contributed by atoms with van der Waals surface area (Å²) < 4.78 is 84.9. The predicted molar refractivity (Wildman–Crippen MR) is 262 cm³/mol.